The van der Waals surface area contributed by atoms with E-state index in [4.69, 9.17) is 0 Å². The summed E-state index contributed by atoms with van der Waals surface area (Å²) in [5, 5.41) is 6.27. The number of nitrogens with zero attached hydrogens (tertiary/aromatic N) is 1. The predicted octanol–water partition coefficient (Wildman–Crippen LogP) is 1.68. The van der Waals surface area contributed by atoms with E-state index in [1.165, 1.54) is 26.4 Å². The van der Waals surface area contributed by atoms with Crippen LogP contribution >= 0.6 is 0 Å². The number of aliphatic imine (C=N–C) groups is 1. The second-order valence-corrected chi connectivity index (χ2v) is 4.07. The number of hydrogen-bond donors (Lipinski definition) is 2. The number of unbranched alkanes of at least 4 members (excludes halogenated alkanes) is 3. The Kier molecular flexibility index (Phi) is 11.3. The number of rotatable bonds is 9. The van der Waals surface area contributed by atoms with E-state index in [0.717, 1.165) is 25.5 Å². The summed E-state index contributed by atoms with van der Waals surface area (Å²) in [5.74, 6) is 0.569. The van der Waals surface area contributed by atoms with Crippen LogP contribution in [0.3, 0.4) is 0 Å². The zero-order chi connectivity index (χ0) is 13.6. The maximum atomic E-state index is 11.0. The van der Waals surface area contributed by atoms with Crippen LogP contribution in [0.4, 0.5) is 0 Å². The van der Waals surface area contributed by atoms with E-state index >= 15 is 0 Å². The van der Waals surface area contributed by atoms with E-state index < -0.39 is 0 Å². The molecule has 0 saturated carbocycles. The van der Waals surface area contributed by atoms with Gasteiger partial charge in [0.05, 0.1) is 13.5 Å². The average molecular weight is 257 g/mol. The number of ether oxygens (including phenoxy) is 1. The molecule has 0 heterocycles. The van der Waals surface area contributed by atoms with Crippen molar-refractivity contribution in [1.82, 2.24) is 10.6 Å². The van der Waals surface area contributed by atoms with E-state index in [1.807, 2.05) is 6.92 Å². The molecule has 0 bridgehead atoms. The van der Waals surface area contributed by atoms with Crippen LogP contribution in [-0.4, -0.2) is 38.7 Å². The lowest BCUT2D eigenvalue weighted by atomic mass is 10.2. The summed E-state index contributed by atoms with van der Waals surface area (Å²) in [6.07, 6.45) is 5.20. The topological polar surface area (TPSA) is 62.7 Å². The zero-order valence-corrected chi connectivity index (χ0v) is 11.9. The molecule has 106 valence electrons. The van der Waals surface area contributed by atoms with Crippen molar-refractivity contribution in [1.29, 1.82) is 0 Å². The standard InChI is InChI=1S/C13H27N3O2/c1-4-6-7-8-10-15-13(14-5-2)16-11-9-12(17)18-3/h4-11H2,1-3H3,(H2,14,15,16). The van der Waals surface area contributed by atoms with Crippen molar-refractivity contribution in [2.75, 3.05) is 26.7 Å². The molecule has 0 spiro atoms. The molecule has 0 aromatic carbocycles. The highest BCUT2D eigenvalue weighted by atomic mass is 16.5. The number of carbonyl (C=O) groups is 1. The van der Waals surface area contributed by atoms with Gasteiger partial charge in [-0.05, 0) is 13.3 Å². The van der Waals surface area contributed by atoms with Gasteiger partial charge in [-0.1, -0.05) is 26.2 Å². The molecular weight excluding hydrogens is 230 g/mol. The van der Waals surface area contributed by atoms with Crippen LogP contribution in [0.5, 0.6) is 0 Å². The molecule has 2 N–H and O–H groups in total. The smallest absolute Gasteiger partial charge is 0.307 e. The van der Waals surface area contributed by atoms with Gasteiger partial charge in [0.25, 0.3) is 0 Å². The molecule has 0 aliphatic carbocycles. The number of hydrogen-bond acceptors (Lipinski definition) is 3. The zero-order valence-electron chi connectivity index (χ0n) is 11.9. The number of methoxy groups -OCH3 is 1. The van der Waals surface area contributed by atoms with Crippen molar-refractivity contribution in [3.8, 4) is 0 Å². The van der Waals surface area contributed by atoms with E-state index in [9.17, 15) is 4.79 Å². The molecule has 0 amide bonds. The number of guanidine groups is 1. The van der Waals surface area contributed by atoms with Gasteiger partial charge >= 0.3 is 5.97 Å². The number of carbonyl (C=O) groups excluding carboxylic acids is 1. The molecule has 0 atom stereocenters. The molecule has 5 heteroatoms. The first-order valence-corrected chi connectivity index (χ1v) is 6.83. The molecule has 0 aliphatic heterocycles. The van der Waals surface area contributed by atoms with Gasteiger partial charge in [-0.2, -0.15) is 0 Å². The molecule has 5 nitrogen and oxygen atoms in total. The molecule has 0 unspecified atom stereocenters. The molecule has 0 saturated heterocycles. The first-order valence-electron chi connectivity index (χ1n) is 6.83. The van der Waals surface area contributed by atoms with Crippen LogP contribution in [0.1, 0.15) is 46.0 Å². The summed E-state index contributed by atoms with van der Waals surface area (Å²) in [4.78, 5) is 15.4. The summed E-state index contributed by atoms with van der Waals surface area (Å²) in [5.41, 5.74) is 0. The second kappa shape index (κ2) is 12.2. The third-order valence-corrected chi connectivity index (χ3v) is 2.48. The van der Waals surface area contributed by atoms with Crippen molar-refractivity contribution in [2.24, 2.45) is 4.99 Å². The maximum absolute atomic E-state index is 11.0. The Balaban J connectivity index is 3.81. The Morgan fingerprint density at radius 2 is 1.94 bits per heavy atom. The van der Waals surface area contributed by atoms with Crippen molar-refractivity contribution < 1.29 is 9.53 Å². The summed E-state index contributed by atoms with van der Waals surface area (Å²) < 4.78 is 4.58. The fourth-order valence-corrected chi connectivity index (χ4v) is 1.46. The fraction of sp³-hybridized carbons (Fsp3) is 0.846. The lowest BCUT2D eigenvalue weighted by molar-refractivity contribution is -0.140. The van der Waals surface area contributed by atoms with Crippen LogP contribution < -0.4 is 10.6 Å². The maximum Gasteiger partial charge on any atom is 0.307 e. The van der Waals surface area contributed by atoms with E-state index in [-0.39, 0.29) is 5.97 Å². The van der Waals surface area contributed by atoms with Gasteiger partial charge in [0.15, 0.2) is 5.96 Å². The van der Waals surface area contributed by atoms with Gasteiger partial charge < -0.3 is 15.4 Å². The van der Waals surface area contributed by atoms with Crippen LogP contribution in [0.15, 0.2) is 4.99 Å². The van der Waals surface area contributed by atoms with Gasteiger partial charge in [0, 0.05) is 19.6 Å². The Morgan fingerprint density at radius 3 is 2.56 bits per heavy atom. The van der Waals surface area contributed by atoms with E-state index in [2.05, 4.69) is 27.3 Å². The normalized spacial score (nSPS) is 11.2. The van der Waals surface area contributed by atoms with Gasteiger partial charge in [-0.3, -0.25) is 9.79 Å². The summed E-state index contributed by atoms with van der Waals surface area (Å²) >= 11 is 0. The number of nitrogens with one attached hydrogen (secondary N) is 2. The number of esters is 1. The summed E-state index contributed by atoms with van der Waals surface area (Å²) in [6.45, 7) is 6.41. The van der Waals surface area contributed by atoms with Gasteiger partial charge in [-0.15, -0.1) is 0 Å². The molecule has 0 aliphatic rings. The minimum absolute atomic E-state index is 0.207. The molecule has 0 radical (unpaired) electrons. The minimum atomic E-state index is -0.207. The van der Waals surface area contributed by atoms with Crippen LogP contribution in [-0.2, 0) is 9.53 Å². The molecule has 0 rings (SSSR count). The Labute approximate surface area is 110 Å². The molecule has 0 fully saturated rings. The summed E-state index contributed by atoms with van der Waals surface area (Å²) in [7, 11) is 1.40. The first-order chi connectivity index (χ1) is 8.74. The Bertz CT molecular complexity index is 242. The molecule has 0 aromatic rings. The molecular formula is C13H27N3O2. The SMILES string of the molecule is CCCCCCN=C(NCC)NCCC(=O)OC. The minimum Gasteiger partial charge on any atom is -0.469 e. The third kappa shape index (κ3) is 9.93. The molecule has 0 aromatic heterocycles. The van der Waals surface area contributed by atoms with E-state index in [0.29, 0.717) is 13.0 Å². The van der Waals surface area contributed by atoms with Gasteiger partial charge in [0.1, 0.15) is 0 Å². The lowest BCUT2D eigenvalue weighted by Crippen LogP contribution is -2.38. The lowest BCUT2D eigenvalue weighted by Gasteiger charge is -2.10. The predicted molar refractivity (Wildman–Crippen MR) is 74.8 cm³/mol. The van der Waals surface area contributed by atoms with Crippen LogP contribution in [0.25, 0.3) is 0 Å². The highest BCUT2D eigenvalue weighted by Crippen LogP contribution is 1.98. The second-order valence-electron chi connectivity index (χ2n) is 4.07. The van der Waals surface area contributed by atoms with Gasteiger partial charge in [-0.25, -0.2) is 0 Å². The van der Waals surface area contributed by atoms with Crippen LogP contribution in [0.2, 0.25) is 0 Å². The van der Waals surface area contributed by atoms with Crippen molar-refractivity contribution >= 4 is 11.9 Å². The Hall–Kier alpha value is -1.26. The van der Waals surface area contributed by atoms with Crippen molar-refractivity contribution in [3.05, 3.63) is 0 Å². The summed E-state index contributed by atoms with van der Waals surface area (Å²) in [6, 6.07) is 0. The van der Waals surface area contributed by atoms with Crippen molar-refractivity contribution in [3.63, 3.8) is 0 Å². The quantitative estimate of drug-likeness (QED) is 0.285. The highest BCUT2D eigenvalue weighted by Gasteiger charge is 2.01. The highest BCUT2D eigenvalue weighted by molar-refractivity contribution is 5.80. The van der Waals surface area contributed by atoms with Gasteiger partial charge in [0.2, 0.25) is 0 Å². The Morgan fingerprint density at radius 1 is 1.17 bits per heavy atom. The van der Waals surface area contributed by atoms with E-state index in [1.54, 1.807) is 0 Å². The monoisotopic (exact) mass is 257 g/mol. The third-order valence-electron chi connectivity index (χ3n) is 2.48. The largest absolute Gasteiger partial charge is 0.469 e. The van der Waals surface area contributed by atoms with Crippen LogP contribution in [0, 0.1) is 0 Å². The fourth-order valence-electron chi connectivity index (χ4n) is 1.46. The molecule has 18 heavy (non-hydrogen) atoms. The average Bonchev–Trinajstić information content (AvgIpc) is 2.38. The van der Waals surface area contributed by atoms with Crippen molar-refractivity contribution in [2.45, 2.75) is 46.0 Å². The first kappa shape index (κ1) is 16.7.